The van der Waals surface area contributed by atoms with Crippen LogP contribution in [0.3, 0.4) is 0 Å². The molecule has 0 aliphatic heterocycles. The van der Waals surface area contributed by atoms with E-state index in [1.54, 1.807) is 26.0 Å². The first kappa shape index (κ1) is 31.7. The fourth-order valence-electron chi connectivity index (χ4n) is 4.53. The zero-order chi connectivity index (χ0) is 29.4. The van der Waals surface area contributed by atoms with Crippen LogP contribution in [-0.4, -0.2) is 61.7 Å². The predicted molar refractivity (Wildman–Crippen MR) is 163 cm³/mol. The molecular weight excluding hydrogens is 546 g/mol. The summed E-state index contributed by atoms with van der Waals surface area (Å²) in [6.45, 7) is 9.06. The standard InChI is InChI=1S/C30H39N3O5S2/c1-5-14-33(15-6-2)24-11-10-21-16-23(9-8-22(21)17-24)28-13-12-27(39-28)20(4)29(18-31)40(37,38)32-19-26(35)30(36)25(34)7-3/h8-13,16-17,25-26,30,32,34-36H,5-7,14-15,19H2,1-4H3/b29-20+/t25-,26-,30+/m1/s1. The van der Waals surface area contributed by atoms with Gasteiger partial charge in [-0.05, 0) is 78.4 Å². The number of thiophene rings is 1. The second-order valence-corrected chi connectivity index (χ2v) is 12.6. The summed E-state index contributed by atoms with van der Waals surface area (Å²) in [6, 6.07) is 18.2. The van der Waals surface area contributed by atoms with Gasteiger partial charge in [-0.3, -0.25) is 0 Å². The SMILES string of the molecule is CCCN(CCC)c1ccc2cc(-c3ccc(/C(C)=C(\C#N)S(=O)(=O)NC[C@@H](O)[C@@H](O)[C@H](O)CC)s3)ccc2c1. The lowest BCUT2D eigenvalue weighted by atomic mass is 10.0. The average Bonchev–Trinajstić information content (AvgIpc) is 3.45. The highest BCUT2D eigenvalue weighted by molar-refractivity contribution is 7.93. The maximum Gasteiger partial charge on any atom is 0.251 e. The number of hydrogen-bond acceptors (Lipinski definition) is 8. The lowest BCUT2D eigenvalue weighted by Crippen LogP contribution is -2.44. The number of sulfonamides is 1. The molecule has 0 aliphatic carbocycles. The molecule has 0 saturated carbocycles. The van der Waals surface area contributed by atoms with Crippen LogP contribution >= 0.6 is 11.3 Å². The molecule has 40 heavy (non-hydrogen) atoms. The highest BCUT2D eigenvalue weighted by atomic mass is 32.2. The summed E-state index contributed by atoms with van der Waals surface area (Å²) < 4.78 is 27.9. The number of nitriles is 1. The van der Waals surface area contributed by atoms with Crippen LogP contribution in [-0.2, 0) is 10.0 Å². The number of anilines is 1. The van der Waals surface area contributed by atoms with E-state index in [1.165, 1.54) is 17.0 Å². The van der Waals surface area contributed by atoms with Gasteiger partial charge in [0.1, 0.15) is 12.2 Å². The molecule has 10 heteroatoms. The van der Waals surface area contributed by atoms with Crippen molar-refractivity contribution < 1.29 is 23.7 Å². The van der Waals surface area contributed by atoms with E-state index in [-0.39, 0.29) is 12.0 Å². The van der Waals surface area contributed by atoms with Gasteiger partial charge >= 0.3 is 0 Å². The Bertz CT molecular complexity index is 1470. The molecule has 1 heterocycles. The van der Waals surface area contributed by atoms with Crippen LogP contribution in [0.4, 0.5) is 5.69 Å². The first-order valence-corrected chi connectivity index (χ1v) is 15.9. The van der Waals surface area contributed by atoms with Crippen molar-refractivity contribution >= 4 is 43.4 Å². The fraction of sp³-hybridized carbons (Fsp3) is 0.433. The Balaban J connectivity index is 1.84. The quantitative estimate of drug-likeness (QED) is 0.199. The van der Waals surface area contributed by atoms with Gasteiger partial charge in [-0.25, -0.2) is 13.1 Å². The van der Waals surface area contributed by atoms with E-state index in [2.05, 4.69) is 53.8 Å². The lowest BCUT2D eigenvalue weighted by molar-refractivity contribution is -0.0570. The van der Waals surface area contributed by atoms with Crippen LogP contribution in [0.5, 0.6) is 0 Å². The zero-order valence-corrected chi connectivity index (χ0v) is 25.1. The van der Waals surface area contributed by atoms with Crippen molar-refractivity contribution in [1.29, 1.82) is 5.26 Å². The highest BCUT2D eigenvalue weighted by Gasteiger charge is 2.27. The molecule has 0 saturated heterocycles. The van der Waals surface area contributed by atoms with Gasteiger partial charge < -0.3 is 20.2 Å². The number of nitrogens with zero attached hydrogens (tertiary/aromatic N) is 2. The number of hydrogen-bond donors (Lipinski definition) is 4. The number of benzene rings is 2. The second kappa shape index (κ2) is 14.2. The van der Waals surface area contributed by atoms with E-state index in [0.29, 0.717) is 4.88 Å². The van der Waals surface area contributed by atoms with E-state index in [4.69, 9.17) is 0 Å². The molecule has 4 N–H and O–H groups in total. The number of allylic oxidation sites excluding steroid dienone is 2. The van der Waals surface area contributed by atoms with Crippen LogP contribution in [0.15, 0.2) is 53.4 Å². The monoisotopic (exact) mass is 585 g/mol. The summed E-state index contributed by atoms with van der Waals surface area (Å²) in [5, 5.41) is 41.6. The van der Waals surface area contributed by atoms with Gasteiger partial charge in [0, 0.05) is 35.1 Å². The van der Waals surface area contributed by atoms with Crippen LogP contribution < -0.4 is 9.62 Å². The molecule has 8 nitrogen and oxygen atoms in total. The third kappa shape index (κ3) is 7.49. The van der Waals surface area contributed by atoms with Gasteiger partial charge in [0.05, 0.1) is 12.2 Å². The number of aliphatic hydroxyl groups excluding tert-OH is 3. The summed E-state index contributed by atoms with van der Waals surface area (Å²) in [5.74, 6) is 0. The minimum absolute atomic E-state index is 0.197. The maximum absolute atomic E-state index is 12.9. The number of rotatable bonds is 14. The number of fused-ring (bicyclic) bond motifs is 1. The average molecular weight is 586 g/mol. The Morgan fingerprint density at radius 1 is 0.975 bits per heavy atom. The summed E-state index contributed by atoms with van der Waals surface area (Å²) in [6.07, 6.45) is -1.85. The summed E-state index contributed by atoms with van der Waals surface area (Å²) in [5.41, 5.74) is 2.49. The van der Waals surface area contributed by atoms with Gasteiger partial charge in [-0.2, -0.15) is 5.26 Å². The molecule has 216 valence electrons. The van der Waals surface area contributed by atoms with E-state index in [0.717, 1.165) is 47.1 Å². The third-order valence-corrected chi connectivity index (χ3v) is 9.57. The smallest absolute Gasteiger partial charge is 0.251 e. The molecule has 3 aromatic rings. The van der Waals surface area contributed by atoms with Crippen molar-refractivity contribution in [2.75, 3.05) is 24.5 Å². The van der Waals surface area contributed by atoms with Crippen molar-refractivity contribution in [3.63, 3.8) is 0 Å². The molecule has 0 bridgehead atoms. The molecule has 3 atom stereocenters. The van der Waals surface area contributed by atoms with E-state index < -0.39 is 39.8 Å². The Hall–Kier alpha value is -2.78. The first-order valence-electron chi connectivity index (χ1n) is 13.6. The van der Waals surface area contributed by atoms with Gasteiger partial charge in [0.2, 0.25) is 0 Å². The topological polar surface area (TPSA) is 134 Å². The fourth-order valence-corrected chi connectivity index (χ4v) is 6.77. The molecule has 0 spiro atoms. The third-order valence-electron chi connectivity index (χ3n) is 6.84. The molecule has 0 fully saturated rings. The molecule has 2 aromatic carbocycles. The molecule has 0 aliphatic rings. The molecular formula is C30H39N3O5S2. The van der Waals surface area contributed by atoms with Crippen molar-refractivity contribution in [3.8, 4) is 16.5 Å². The second-order valence-electron chi connectivity index (χ2n) is 9.85. The molecule has 1 aromatic heterocycles. The van der Waals surface area contributed by atoms with Crippen LogP contribution in [0.2, 0.25) is 0 Å². The normalized spacial score (nSPS) is 14.8. The van der Waals surface area contributed by atoms with Crippen molar-refractivity contribution in [3.05, 3.63) is 58.3 Å². The number of nitrogens with one attached hydrogen (secondary N) is 1. The Morgan fingerprint density at radius 3 is 2.25 bits per heavy atom. The van der Waals surface area contributed by atoms with Crippen molar-refractivity contribution in [2.45, 2.75) is 65.3 Å². The highest BCUT2D eigenvalue weighted by Crippen LogP contribution is 2.35. The summed E-state index contributed by atoms with van der Waals surface area (Å²) in [7, 11) is -4.27. The first-order chi connectivity index (χ1) is 19.1. The van der Waals surface area contributed by atoms with Gasteiger partial charge in [-0.1, -0.05) is 39.0 Å². The summed E-state index contributed by atoms with van der Waals surface area (Å²) in [4.78, 5) is 3.51. The van der Waals surface area contributed by atoms with E-state index >= 15 is 0 Å². The molecule has 3 rings (SSSR count). The molecule has 0 unspecified atom stereocenters. The number of aliphatic hydroxyl groups is 3. The van der Waals surface area contributed by atoms with Crippen LogP contribution in [0.1, 0.15) is 51.8 Å². The molecule has 0 radical (unpaired) electrons. The zero-order valence-electron chi connectivity index (χ0n) is 23.5. The Kier molecular flexibility index (Phi) is 11.3. The van der Waals surface area contributed by atoms with Gasteiger partial charge in [0.25, 0.3) is 10.0 Å². The lowest BCUT2D eigenvalue weighted by Gasteiger charge is -2.24. The summed E-state index contributed by atoms with van der Waals surface area (Å²) >= 11 is 1.39. The van der Waals surface area contributed by atoms with Gasteiger partial charge in [0.15, 0.2) is 4.91 Å². The largest absolute Gasteiger partial charge is 0.390 e. The predicted octanol–water partition coefficient (Wildman–Crippen LogP) is 4.86. The molecule has 0 amide bonds. The Labute approximate surface area is 241 Å². The van der Waals surface area contributed by atoms with Crippen molar-refractivity contribution in [2.24, 2.45) is 0 Å². The van der Waals surface area contributed by atoms with Crippen LogP contribution in [0, 0.1) is 11.3 Å². The maximum atomic E-state index is 12.9. The minimum Gasteiger partial charge on any atom is -0.390 e. The van der Waals surface area contributed by atoms with Crippen molar-refractivity contribution in [1.82, 2.24) is 4.72 Å². The van der Waals surface area contributed by atoms with Gasteiger partial charge in [-0.15, -0.1) is 11.3 Å². The minimum atomic E-state index is -4.27. The van der Waals surface area contributed by atoms with Crippen LogP contribution in [0.25, 0.3) is 26.8 Å². The Morgan fingerprint density at radius 2 is 1.62 bits per heavy atom. The van der Waals surface area contributed by atoms with E-state index in [9.17, 15) is 29.0 Å². The van der Waals surface area contributed by atoms with E-state index in [1.807, 2.05) is 12.1 Å².